The van der Waals surface area contributed by atoms with Crippen LogP contribution >= 0.6 is 11.8 Å². The predicted molar refractivity (Wildman–Crippen MR) is 125 cm³/mol. The molecule has 1 heterocycles. The molecule has 0 unspecified atom stereocenters. The molecule has 0 bridgehead atoms. The fourth-order valence-corrected chi connectivity index (χ4v) is 5.00. The second-order valence-electron chi connectivity index (χ2n) is 7.27. The third kappa shape index (κ3) is 4.94. The van der Waals surface area contributed by atoms with Crippen molar-refractivity contribution in [3.8, 4) is 5.75 Å². The zero-order chi connectivity index (χ0) is 21.6. The molecule has 0 aliphatic heterocycles. The van der Waals surface area contributed by atoms with E-state index in [1.54, 1.807) is 6.07 Å². The number of carboxylic acids is 1. The van der Waals surface area contributed by atoms with Gasteiger partial charge < -0.3 is 14.3 Å². The fraction of sp³-hybridized carbons (Fsp3) is 0.192. The molecule has 5 heteroatoms. The lowest BCUT2D eigenvalue weighted by Crippen LogP contribution is -2.09. The summed E-state index contributed by atoms with van der Waals surface area (Å²) in [6.07, 6.45) is 0.849. The van der Waals surface area contributed by atoms with Gasteiger partial charge in [-0.05, 0) is 36.3 Å². The smallest absolute Gasteiger partial charge is 0.341 e. The molecule has 0 aliphatic rings. The summed E-state index contributed by atoms with van der Waals surface area (Å²) in [6, 6.07) is 26.7. The normalized spacial score (nSPS) is 11.2. The van der Waals surface area contributed by atoms with Crippen LogP contribution in [0.4, 0.5) is 0 Å². The standard InChI is InChI=1S/C26H24O4S/c1-18-21(22-13-8-14-23(25(22)30-18)29-17-24(27)28)15-16-31-26(19-9-4-2-5-10-19)20-11-6-3-7-12-20/h2-14,26H,15-17H2,1H3,(H,27,28). The quantitative estimate of drug-likeness (QED) is 0.338. The number of furan rings is 1. The number of aryl methyl sites for hydroxylation is 2. The molecule has 31 heavy (non-hydrogen) atoms. The Balaban J connectivity index is 1.53. The highest BCUT2D eigenvalue weighted by Crippen LogP contribution is 2.38. The molecule has 0 radical (unpaired) electrons. The van der Waals surface area contributed by atoms with Gasteiger partial charge >= 0.3 is 5.97 Å². The van der Waals surface area contributed by atoms with Gasteiger partial charge in [-0.15, -0.1) is 11.8 Å². The highest BCUT2D eigenvalue weighted by atomic mass is 32.2. The van der Waals surface area contributed by atoms with Gasteiger partial charge in [-0.3, -0.25) is 0 Å². The number of benzene rings is 3. The highest BCUT2D eigenvalue weighted by molar-refractivity contribution is 7.99. The van der Waals surface area contributed by atoms with Gasteiger partial charge in [0.2, 0.25) is 0 Å². The SMILES string of the molecule is Cc1oc2c(OCC(=O)O)cccc2c1CCSC(c1ccccc1)c1ccccc1. The fourth-order valence-electron chi connectivity index (χ4n) is 3.75. The summed E-state index contributed by atoms with van der Waals surface area (Å²) >= 11 is 1.91. The molecule has 1 N–H and O–H groups in total. The summed E-state index contributed by atoms with van der Waals surface area (Å²) in [4.78, 5) is 10.9. The van der Waals surface area contributed by atoms with Crippen LogP contribution < -0.4 is 4.74 Å². The zero-order valence-corrected chi connectivity index (χ0v) is 18.1. The molecule has 0 saturated heterocycles. The van der Waals surface area contributed by atoms with Crippen LogP contribution in [0.15, 0.2) is 83.3 Å². The molecular weight excluding hydrogens is 408 g/mol. The summed E-state index contributed by atoms with van der Waals surface area (Å²) in [5, 5.41) is 10.1. The molecule has 4 nitrogen and oxygen atoms in total. The average Bonchev–Trinajstić information content (AvgIpc) is 3.12. The van der Waals surface area contributed by atoms with Crippen molar-refractivity contribution in [3.63, 3.8) is 0 Å². The van der Waals surface area contributed by atoms with Gasteiger partial charge in [-0.1, -0.05) is 72.8 Å². The number of carboxylic acid groups (broad SMARTS) is 1. The molecule has 0 aliphatic carbocycles. The Bertz CT molecular complexity index is 1110. The molecule has 0 fully saturated rings. The number of hydrogen-bond donors (Lipinski definition) is 1. The Kier molecular flexibility index (Phi) is 6.63. The number of thioether (sulfide) groups is 1. The third-order valence-corrected chi connectivity index (χ3v) is 6.49. The lowest BCUT2D eigenvalue weighted by molar-refractivity contribution is -0.139. The van der Waals surface area contributed by atoms with Crippen LogP contribution in [-0.4, -0.2) is 23.4 Å². The van der Waals surface area contributed by atoms with Crippen molar-refractivity contribution in [2.24, 2.45) is 0 Å². The van der Waals surface area contributed by atoms with Crippen molar-refractivity contribution in [1.82, 2.24) is 0 Å². The van der Waals surface area contributed by atoms with Gasteiger partial charge in [0.15, 0.2) is 17.9 Å². The van der Waals surface area contributed by atoms with E-state index in [1.807, 2.05) is 43.0 Å². The summed E-state index contributed by atoms with van der Waals surface area (Å²) < 4.78 is 11.4. The minimum atomic E-state index is -1.01. The minimum absolute atomic E-state index is 0.260. The first-order valence-electron chi connectivity index (χ1n) is 10.2. The maximum Gasteiger partial charge on any atom is 0.341 e. The van der Waals surface area contributed by atoms with Crippen molar-refractivity contribution in [2.75, 3.05) is 12.4 Å². The lowest BCUT2D eigenvalue weighted by Gasteiger charge is -2.17. The van der Waals surface area contributed by atoms with Gasteiger partial charge in [0, 0.05) is 10.9 Å². The summed E-state index contributed by atoms with van der Waals surface area (Å²) in [5.41, 5.74) is 4.33. The predicted octanol–water partition coefficient (Wildman–Crippen LogP) is 6.27. The Morgan fingerprint density at radius 3 is 2.23 bits per heavy atom. The van der Waals surface area contributed by atoms with Gasteiger partial charge in [-0.2, -0.15) is 0 Å². The number of carbonyl (C=O) groups is 1. The molecule has 4 rings (SSSR count). The second-order valence-corrected chi connectivity index (χ2v) is 8.49. The first-order valence-corrected chi connectivity index (χ1v) is 11.3. The van der Waals surface area contributed by atoms with E-state index in [2.05, 4.69) is 48.5 Å². The monoisotopic (exact) mass is 432 g/mol. The summed E-state index contributed by atoms with van der Waals surface area (Å²) in [7, 11) is 0. The largest absolute Gasteiger partial charge is 0.479 e. The maximum atomic E-state index is 10.9. The van der Waals surface area contributed by atoms with E-state index in [-0.39, 0.29) is 11.9 Å². The van der Waals surface area contributed by atoms with Gasteiger partial charge in [0.05, 0.1) is 5.25 Å². The topological polar surface area (TPSA) is 59.7 Å². The number of fused-ring (bicyclic) bond motifs is 1. The van der Waals surface area contributed by atoms with E-state index in [9.17, 15) is 4.79 Å². The molecular formula is C26H24O4S. The number of rotatable bonds is 9. The van der Waals surface area contributed by atoms with E-state index in [0.29, 0.717) is 11.3 Å². The maximum absolute atomic E-state index is 10.9. The van der Waals surface area contributed by atoms with E-state index in [4.69, 9.17) is 14.3 Å². The lowest BCUT2D eigenvalue weighted by atomic mass is 10.0. The molecule has 0 saturated carbocycles. The molecule has 0 spiro atoms. The summed E-state index contributed by atoms with van der Waals surface area (Å²) in [6.45, 7) is 1.56. The Labute approximate surface area is 185 Å². The second kappa shape index (κ2) is 9.75. The van der Waals surface area contributed by atoms with E-state index < -0.39 is 5.97 Å². The van der Waals surface area contributed by atoms with Crippen molar-refractivity contribution >= 4 is 28.7 Å². The number of hydrogen-bond acceptors (Lipinski definition) is 4. The van der Waals surface area contributed by atoms with Crippen LogP contribution in [0.5, 0.6) is 5.75 Å². The van der Waals surface area contributed by atoms with Crippen LogP contribution in [0, 0.1) is 6.92 Å². The highest BCUT2D eigenvalue weighted by Gasteiger charge is 2.18. The Morgan fingerprint density at radius 2 is 1.61 bits per heavy atom. The molecule has 1 aromatic heterocycles. The van der Waals surface area contributed by atoms with Crippen molar-refractivity contribution in [1.29, 1.82) is 0 Å². The summed E-state index contributed by atoms with van der Waals surface area (Å²) in [5.74, 6) is 1.22. The third-order valence-electron chi connectivity index (χ3n) is 5.18. The first kappa shape index (κ1) is 21.1. The van der Waals surface area contributed by atoms with Gasteiger partial charge in [0.1, 0.15) is 5.76 Å². The van der Waals surface area contributed by atoms with E-state index in [0.717, 1.165) is 28.9 Å². The van der Waals surface area contributed by atoms with Gasteiger partial charge in [0.25, 0.3) is 0 Å². The van der Waals surface area contributed by atoms with Crippen molar-refractivity contribution in [3.05, 3.63) is 101 Å². The zero-order valence-electron chi connectivity index (χ0n) is 17.3. The minimum Gasteiger partial charge on any atom is -0.479 e. The van der Waals surface area contributed by atoms with Crippen LogP contribution in [0.25, 0.3) is 11.0 Å². The molecule has 158 valence electrons. The van der Waals surface area contributed by atoms with Crippen LogP contribution in [0.3, 0.4) is 0 Å². The first-order chi connectivity index (χ1) is 15.1. The Hall–Kier alpha value is -3.18. The van der Waals surface area contributed by atoms with E-state index in [1.165, 1.54) is 11.1 Å². The number of ether oxygens (including phenoxy) is 1. The molecule has 4 aromatic rings. The van der Waals surface area contributed by atoms with Crippen LogP contribution in [-0.2, 0) is 11.2 Å². The Morgan fingerprint density at radius 1 is 0.968 bits per heavy atom. The van der Waals surface area contributed by atoms with Gasteiger partial charge in [-0.25, -0.2) is 4.79 Å². The molecule has 0 atom stereocenters. The molecule has 3 aromatic carbocycles. The van der Waals surface area contributed by atoms with Crippen molar-refractivity contribution in [2.45, 2.75) is 18.6 Å². The van der Waals surface area contributed by atoms with Crippen molar-refractivity contribution < 1.29 is 19.1 Å². The number of para-hydroxylation sites is 1. The average molecular weight is 433 g/mol. The molecule has 0 amide bonds. The van der Waals surface area contributed by atoms with Crippen LogP contribution in [0.2, 0.25) is 0 Å². The van der Waals surface area contributed by atoms with E-state index >= 15 is 0 Å². The van der Waals surface area contributed by atoms with Crippen LogP contribution in [0.1, 0.15) is 27.7 Å². The number of aliphatic carboxylic acids is 1.